The van der Waals surface area contributed by atoms with Crippen molar-refractivity contribution >= 4 is 64.3 Å². The van der Waals surface area contributed by atoms with Crippen molar-refractivity contribution in [2.45, 2.75) is 187 Å². The minimum atomic E-state index is -1.20. The molecule has 81 heavy (non-hydrogen) atoms. The van der Waals surface area contributed by atoms with Gasteiger partial charge in [-0.1, -0.05) is 77.5 Å². The van der Waals surface area contributed by atoms with Gasteiger partial charge in [-0.25, -0.2) is 4.79 Å². The number of epoxide rings is 1. The minimum absolute atomic E-state index is 0. The van der Waals surface area contributed by atoms with Crippen LogP contribution < -0.4 is 16.0 Å². The van der Waals surface area contributed by atoms with Gasteiger partial charge in [-0.05, 0) is 89.5 Å². The van der Waals surface area contributed by atoms with Crippen LogP contribution in [0.1, 0.15) is 126 Å². The smallest absolute Gasteiger partial charge is 0.410 e. The zero-order valence-corrected chi connectivity index (χ0v) is 51.1. The second-order valence-corrected chi connectivity index (χ2v) is 23.6. The lowest BCUT2D eigenvalue weighted by Gasteiger charge is -2.42. The Hall–Kier alpha value is -5.29. The Morgan fingerprint density at radius 1 is 0.975 bits per heavy atom. The van der Waals surface area contributed by atoms with Crippen molar-refractivity contribution in [3.63, 3.8) is 0 Å². The highest BCUT2D eigenvalue weighted by Gasteiger charge is 2.47. The zero-order chi connectivity index (χ0) is 59.1. The molecule has 4 heterocycles. The number of hydrogen-bond donors (Lipinski definition) is 6. The van der Waals surface area contributed by atoms with E-state index >= 15 is 0 Å². The predicted octanol–water partition coefficient (Wildman–Crippen LogP) is 5.97. The minimum Gasteiger partial charge on any atom is -0.457 e. The summed E-state index contributed by atoms with van der Waals surface area (Å²) < 4.78 is 24.7. The standard InChI is InChI=1S/C60H90N6O14.BrH/c1-12-46(68)41(6)55-47(78-55)36-59(8,76)28-16-17-39(4)54-40(5)19-24-48(60(9,77-11)29-27-45(67)35-52(72)80-54)79-58(75)64-31-33-66(10,34-32-64)37-43-20-22-44(23-21-43)62-56(73)42(7)61-57(74)53(38(2)3)63-49(69)18-14-13-15-30-65-50(70)25-26-51(65)71;/h16-17,19-26,28,38,40-42,45-48,53-55,67-68,76H,12-15,18,27,29-37H2,1-11H3,(H2-,61,62,63,69,73,74);1H/p+1/b24-19+,28-16+,39-17+;/t40-,41?,42?,45+,46?,47-,48-,53?,54+,55-,59?,60+;/m0./s1. The van der Waals surface area contributed by atoms with Gasteiger partial charge >= 0.3 is 12.1 Å². The van der Waals surface area contributed by atoms with Gasteiger partial charge in [0, 0.05) is 61.7 Å². The Balaban J connectivity index is 0.0000141. The number of benzene rings is 1. The van der Waals surface area contributed by atoms with Crippen LogP contribution in [0.25, 0.3) is 0 Å². The number of allylic oxidation sites excluding steroid dienone is 2. The lowest BCUT2D eigenvalue weighted by atomic mass is 9.88. The number of nitrogens with zero attached hydrogens (tertiary/aromatic N) is 3. The third-order valence-electron chi connectivity index (χ3n) is 16.1. The molecule has 5 unspecified atom stereocenters. The number of aliphatic hydroxyl groups excluding tert-OH is 2. The highest BCUT2D eigenvalue weighted by Crippen LogP contribution is 2.38. The van der Waals surface area contributed by atoms with Crippen molar-refractivity contribution in [1.82, 2.24) is 20.4 Å². The summed E-state index contributed by atoms with van der Waals surface area (Å²) in [6.07, 6.45) is 10.4. The summed E-state index contributed by atoms with van der Waals surface area (Å²) in [7, 11) is 3.66. The van der Waals surface area contributed by atoms with E-state index in [9.17, 15) is 48.9 Å². The number of anilines is 1. The Kier molecular flexibility index (Phi) is 26.0. The van der Waals surface area contributed by atoms with E-state index in [1.807, 2.05) is 52.8 Å². The third-order valence-corrected chi connectivity index (χ3v) is 16.1. The van der Waals surface area contributed by atoms with Crippen LogP contribution in [-0.4, -0.2) is 178 Å². The molecular formula is C60H92BrN6O14+. The molecule has 0 aromatic heterocycles. The van der Waals surface area contributed by atoms with Crippen LogP contribution in [0.2, 0.25) is 0 Å². The Morgan fingerprint density at radius 2 is 1.63 bits per heavy atom. The summed E-state index contributed by atoms with van der Waals surface area (Å²) >= 11 is 0. The van der Waals surface area contributed by atoms with E-state index in [2.05, 4.69) is 23.0 Å². The fourth-order valence-corrected chi connectivity index (χ4v) is 10.4. The molecule has 0 saturated carbocycles. The number of amides is 6. The van der Waals surface area contributed by atoms with Crippen molar-refractivity contribution in [3.05, 3.63) is 77.9 Å². The summed E-state index contributed by atoms with van der Waals surface area (Å²) in [5, 5.41) is 40.8. The van der Waals surface area contributed by atoms with Crippen molar-refractivity contribution in [1.29, 1.82) is 0 Å². The van der Waals surface area contributed by atoms with E-state index in [4.69, 9.17) is 18.9 Å². The molecule has 21 heteroatoms. The predicted molar refractivity (Wildman–Crippen MR) is 311 cm³/mol. The normalized spacial score (nSPS) is 26.9. The van der Waals surface area contributed by atoms with E-state index in [1.165, 1.54) is 19.3 Å². The van der Waals surface area contributed by atoms with Gasteiger partial charge in [-0.15, -0.1) is 17.0 Å². The summed E-state index contributed by atoms with van der Waals surface area (Å²) in [4.78, 5) is 92.8. The Labute approximate surface area is 489 Å². The number of nitrogens with one attached hydrogen (secondary N) is 3. The molecule has 4 aliphatic rings. The average molecular weight is 1200 g/mol. The molecule has 1 aromatic carbocycles. The third kappa shape index (κ3) is 20.5. The molecule has 2 saturated heterocycles. The first kappa shape index (κ1) is 68.2. The first-order chi connectivity index (χ1) is 37.7. The summed E-state index contributed by atoms with van der Waals surface area (Å²) in [6, 6.07) is 5.70. The summed E-state index contributed by atoms with van der Waals surface area (Å²) in [6.45, 7) is 19.3. The van der Waals surface area contributed by atoms with Crippen LogP contribution in [-0.2, 0) is 54.3 Å². The second kappa shape index (κ2) is 30.8. The molecule has 6 amide bonds. The maximum absolute atomic E-state index is 14.0. The Bertz CT molecular complexity index is 2420. The molecule has 0 radical (unpaired) electrons. The van der Waals surface area contributed by atoms with Gasteiger partial charge in [0.15, 0.2) is 6.10 Å². The molecule has 0 bridgehead atoms. The van der Waals surface area contributed by atoms with Crippen molar-refractivity contribution < 1.29 is 72.3 Å². The van der Waals surface area contributed by atoms with Crippen LogP contribution in [0.4, 0.5) is 10.5 Å². The largest absolute Gasteiger partial charge is 0.457 e. The molecular weight excluding hydrogens is 1110 g/mol. The maximum Gasteiger partial charge on any atom is 0.410 e. The number of quaternary nitrogens is 1. The number of likely N-dealkylation sites (N-methyl/N-ethyl adjacent to an activating group) is 1. The number of piperazine rings is 1. The van der Waals surface area contributed by atoms with Gasteiger partial charge in [0.25, 0.3) is 11.8 Å². The van der Waals surface area contributed by atoms with E-state index in [-0.39, 0.29) is 91.0 Å². The van der Waals surface area contributed by atoms with Crippen LogP contribution in [0.15, 0.2) is 72.4 Å². The molecule has 4 aliphatic heterocycles. The van der Waals surface area contributed by atoms with Gasteiger partial charge in [0.05, 0.1) is 69.7 Å². The fraction of sp³-hybridized carbons (Fsp3) is 0.650. The Morgan fingerprint density at radius 3 is 2.25 bits per heavy atom. The van der Waals surface area contributed by atoms with E-state index < -0.39 is 77.5 Å². The van der Waals surface area contributed by atoms with Crippen LogP contribution in [0, 0.1) is 17.8 Å². The maximum atomic E-state index is 14.0. The molecule has 5 rings (SSSR count). The first-order valence-electron chi connectivity index (χ1n) is 28.5. The summed E-state index contributed by atoms with van der Waals surface area (Å²) in [5.41, 5.74) is 0.00161. The number of rotatable bonds is 24. The number of unbranched alkanes of at least 4 members (excludes halogenated alkanes) is 2. The monoisotopic (exact) mass is 1200 g/mol. The van der Waals surface area contributed by atoms with Crippen molar-refractivity contribution in [2.75, 3.05) is 52.2 Å². The van der Waals surface area contributed by atoms with Crippen molar-refractivity contribution in [3.8, 4) is 0 Å². The molecule has 20 nitrogen and oxygen atoms in total. The number of carbonyl (C=O) groups is 7. The summed E-state index contributed by atoms with van der Waals surface area (Å²) in [5.74, 6) is -3.16. The molecule has 12 atom stereocenters. The number of hydrogen-bond acceptors (Lipinski definition) is 14. The van der Waals surface area contributed by atoms with Gasteiger partial charge in [-0.2, -0.15) is 0 Å². The highest BCUT2D eigenvalue weighted by atomic mass is 79.9. The van der Waals surface area contributed by atoms with Gasteiger partial charge in [0.2, 0.25) is 17.7 Å². The zero-order valence-electron chi connectivity index (χ0n) is 49.4. The van der Waals surface area contributed by atoms with Crippen LogP contribution >= 0.6 is 17.0 Å². The second-order valence-electron chi connectivity index (χ2n) is 23.6. The molecule has 452 valence electrons. The number of halogens is 1. The van der Waals surface area contributed by atoms with E-state index in [0.717, 1.165) is 10.5 Å². The number of esters is 1. The molecule has 2 fully saturated rings. The lowest BCUT2D eigenvalue weighted by molar-refractivity contribution is -0.926. The lowest BCUT2D eigenvalue weighted by Crippen LogP contribution is -2.58. The number of aliphatic hydroxyl groups is 3. The molecule has 0 spiro atoms. The van der Waals surface area contributed by atoms with E-state index in [1.54, 1.807) is 69.0 Å². The van der Waals surface area contributed by atoms with Gasteiger partial charge in [0.1, 0.15) is 30.3 Å². The van der Waals surface area contributed by atoms with E-state index in [0.29, 0.717) is 80.6 Å². The number of ether oxygens (including phenoxy) is 4. The van der Waals surface area contributed by atoms with Crippen LogP contribution in [0.3, 0.4) is 0 Å². The number of imide groups is 1. The number of cyclic esters (lactones) is 1. The number of carbonyl (C=O) groups excluding carboxylic acids is 7. The van der Waals surface area contributed by atoms with Crippen LogP contribution in [0.5, 0.6) is 0 Å². The molecule has 1 aromatic rings. The van der Waals surface area contributed by atoms with Gasteiger partial charge in [-0.3, -0.25) is 38.6 Å². The quantitative estimate of drug-likeness (QED) is 0.0133. The molecule has 6 N–H and O–H groups in total. The highest BCUT2D eigenvalue weighted by molar-refractivity contribution is 8.93. The van der Waals surface area contributed by atoms with Crippen molar-refractivity contribution in [2.24, 2.45) is 17.8 Å². The van der Waals surface area contributed by atoms with Gasteiger partial charge < -0.3 is 54.7 Å². The molecule has 0 aliphatic carbocycles. The first-order valence-corrected chi connectivity index (χ1v) is 28.5. The fourth-order valence-electron chi connectivity index (χ4n) is 10.4. The SMILES string of the molecule is Br.CCC(O)C(C)[C@@H]1O[C@H]1CC(C)(O)/C=C/C=C(\C)[C@H]1OC(=O)C[C@H](O)CC[C@@](C)(OC)[C@@H](OC(=O)N2CC[N+](C)(Cc3ccc(NC(=O)C(C)NC(=O)C(NC(=O)CCCCCN4C(=O)C=CC4=O)C(C)C)cc3)CC2)/C=C/[C@@H]1C. The average Bonchev–Trinajstić information content (AvgIpc) is 4.12. The number of methoxy groups -OCH3 is 1. The topological polar surface area (TPSA) is 263 Å².